The molecule has 5 aromatic rings. The van der Waals surface area contributed by atoms with Crippen molar-refractivity contribution in [3.63, 3.8) is 0 Å². The van der Waals surface area contributed by atoms with Crippen LogP contribution in [-0.4, -0.2) is 14.6 Å². The Morgan fingerprint density at radius 1 is 0.829 bits per heavy atom. The Hall–Kier alpha value is -4.36. The third kappa shape index (κ3) is 6.59. The smallest absolute Gasteiger partial charge is 0.171 e. The van der Waals surface area contributed by atoms with Crippen LogP contribution in [0.5, 0.6) is 5.75 Å². The fraction of sp³-hybridized carbons (Fsp3) is 0.161. The number of nitrogens with zero attached hydrogens (tertiary/aromatic N) is 3. The summed E-state index contributed by atoms with van der Waals surface area (Å²) in [7, 11) is 0. The molecule has 5 rings (SSSR count). The highest BCUT2D eigenvalue weighted by Crippen LogP contribution is 2.26. The van der Waals surface area contributed by atoms with Gasteiger partial charge in [0.2, 0.25) is 0 Å². The van der Waals surface area contributed by atoms with Crippen molar-refractivity contribution in [3.8, 4) is 29.4 Å². The van der Waals surface area contributed by atoms with E-state index in [4.69, 9.17) is 11.2 Å². The summed E-state index contributed by atoms with van der Waals surface area (Å²) in [5.41, 5.74) is 6.89. The van der Waals surface area contributed by atoms with Crippen LogP contribution in [0, 0.1) is 26.2 Å². The Bertz CT molecular complexity index is 1370. The molecule has 0 bridgehead atoms. The van der Waals surface area contributed by atoms with Gasteiger partial charge in [-0.05, 0) is 49.2 Å². The third-order valence-electron chi connectivity index (χ3n) is 5.18. The van der Waals surface area contributed by atoms with E-state index in [1.165, 1.54) is 5.56 Å². The predicted octanol–water partition coefficient (Wildman–Crippen LogP) is 7.29. The first-order chi connectivity index (χ1) is 17.2. The second-order valence-electron chi connectivity index (χ2n) is 7.68. The van der Waals surface area contributed by atoms with E-state index in [2.05, 4.69) is 35.1 Å². The summed E-state index contributed by atoms with van der Waals surface area (Å²) in [5, 5.41) is 4.41. The first kappa shape index (κ1) is 25.3. The van der Waals surface area contributed by atoms with Crippen molar-refractivity contribution in [2.75, 3.05) is 0 Å². The van der Waals surface area contributed by atoms with Crippen molar-refractivity contribution in [2.45, 2.75) is 34.3 Å². The minimum Gasteiger partial charge on any atom is -0.489 e. The second kappa shape index (κ2) is 12.8. The number of fused-ring (bicyclic) bond motifs is 1. The molecule has 0 spiro atoms. The number of rotatable bonds is 4. The van der Waals surface area contributed by atoms with Crippen LogP contribution < -0.4 is 4.74 Å². The maximum Gasteiger partial charge on any atom is 0.171 e. The summed E-state index contributed by atoms with van der Waals surface area (Å²) in [6.07, 6.45) is 9.02. The largest absolute Gasteiger partial charge is 0.489 e. The highest BCUT2D eigenvalue weighted by atomic mass is 16.5. The molecule has 35 heavy (non-hydrogen) atoms. The van der Waals surface area contributed by atoms with Gasteiger partial charge in [0.05, 0.1) is 17.5 Å². The van der Waals surface area contributed by atoms with E-state index in [-0.39, 0.29) is 0 Å². The lowest BCUT2D eigenvalue weighted by atomic mass is 10.1. The molecule has 4 heteroatoms. The topological polar surface area (TPSA) is 39.4 Å². The molecule has 0 N–H and O–H groups in total. The van der Waals surface area contributed by atoms with Gasteiger partial charge in [0.15, 0.2) is 5.65 Å². The van der Waals surface area contributed by atoms with E-state index in [0.717, 1.165) is 28.1 Å². The summed E-state index contributed by atoms with van der Waals surface area (Å²) in [6, 6.07) is 28.4. The molecule has 0 atom stereocenters. The number of terminal acetylenes is 1. The van der Waals surface area contributed by atoms with Crippen LogP contribution in [0.4, 0.5) is 0 Å². The Labute approximate surface area is 208 Å². The van der Waals surface area contributed by atoms with Crippen LogP contribution in [0.3, 0.4) is 0 Å². The lowest BCUT2D eigenvalue weighted by Crippen LogP contribution is -2.00. The van der Waals surface area contributed by atoms with Crippen molar-refractivity contribution in [3.05, 3.63) is 120 Å². The van der Waals surface area contributed by atoms with Crippen molar-refractivity contribution in [2.24, 2.45) is 0 Å². The summed E-state index contributed by atoms with van der Waals surface area (Å²) in [5.74, 6) is 3.45. The van der Waals surface area contributed by atoms with Crippen LogP contribution >= 0.6 is 0 Å². The summed E-state index contributed by atoms with van der Waals surface area (Å²) in [4.78, 5) is 4.41. The molecule has 2 aromatic heterocycles. The van der Waals surface area contributed by atoms with Crippen molar-refractivity contribution in [1.29, 1.82) is 0 Å². The number of hydrogen-bond donors (Lipinski definition) is 0. The first-order valence-corrected chi connectivity index (χ1v) is 11.7. The van der Waals surface area contributed by atoms with Crippen LogP contribution in [0.25, 0.3) is 16.9 Å². The average molecular weight is 462 g/mol. The predicted molar refractivity (Wildman–Crippen MR) is 144 cm³/mol. The van der Waals surface area contributed by atoms with Crippen LogP contribution in [0.15, 0.2) is 97.3 Å². The van der Waals surface area contributed by atoms with Gasteiger partial charge in [0.25, 0.3) is 0 Å². The second-order valence-corrected chi connectivity index (χ2v) is 7.68. The standard InChI is InChI=1S/C22H17N3O.C7H8.C2H6/c1-3-18-14-24-25-21(16(2)13-23-22(18)25)19-9-11-20(12-10-19)26-15-17-7-5-4-6-8-17;1-7-5-3-2-4-6-7;1-2/h1,4-14H,15H2,2H3;2-6H,1H3;1-2H3. The van der Waals surface area contributed by atoms with E-state index >= 15 is 0 Å². The monoisotopic (exact) mass is 461 g/mol. The Morgan fingerprint density at radius 2 is 1.46 bits per heavy atom. The maximum atomic E-state index is 5.86. The number of aromatic nitrogens is 3. The van der Waals surface area contributed by atoms with Crippen molar-refractivity contribution in [1.82, 2.24) is 14.6 Å². The fourth-order valence-corrected chi connectivity index (χ4v) is 3.45. The zero-order valence-electron chi connectivity index (χ0n) is 20.8. The number of aryl methyl sites for hydroxylation is 2. The van der Waals surface area contributed by atoms with E-state index < -0.39 is 0 Å². The zero-order valence-corrected chi connectivity index (χ0v) is 20.8. The molecule has 4 nitrogen and oxygen atoms in total. The van der Waals surface area contributed by atoms with Gasteiger partial charge in [-0.1, -0.05) is 86.0 Å². The van der Waals surface area contributed by atoms with Gasteiger partial charge in [-0.2, -0.15) is 5.10 Å². The Balaban J connectivity index is 0.000000324. The molecule has 3 aromatic carbocycles. The number of hydrogen-bond acceptors (Lipinski definition) is 3. The van der Waals surface area contributed by atoms with Crippen LogP contribution in [-0.2, 0) is 6.61 Å². The molecule has 0 saturated heterocycles. The molecular formula is C31H31N3O. The van der Waals surface area contributed by atoms with Gasteiger partial charge in [-0.15, -0.1) is 6.42 Å². The number of ether oxygens (including phenoxy) is 1. The summed E-state index contributed by atoms with van der Waals surface area (Å²) >= 11 is 0. The van der Waals surface area contributed by atoms with Gasteiger partial charge in [0.1, 0.15) is 12.4 Å². The highest BCUT2D eigenvalue weighted by Gasteiger charge is 2.12. The van der Waals surface area contributed by atoms with E-state index in [1.54, 1.807) is 10.7 Å². The minimum absolute atomic E-state index is 0.545. The molecule has 2 heterocycles. The summed E-state index contributed by atoms with van der Waals surface area (Å²) < 4.78 is 7.66. The van der Waals surface area contributed by atoms with E-state index in [1.807, 2.05) is 99.8 Å². The van der Waals surface area contributed by atoms with Gasteiger partial charge in [-0.25, -0.2) is 9.50 Å². The van der Waals surface area contributed by atoms with E-state index in [9.17, 15) is 0 Å². The van der Waals surface area contributed by atoms with Crippen LogP contribution in [0.1, 0.15) is 36.1 Å². The minimum atomic E-state index is 0.545. The lowest BCUT2D eigenvalue weighted by molar-refractivity contribution is 0.306. The van der Waals surface area contributed by atoms with Crippen molar-refractivity contribution < 1.29 is 4.74 Å². The van der Waals surface area contributed by atoms with Gasteiger partial charge >= 0.3 is 0 Å². The molecule has 0 radical (unpaired) electrons. The van der Waals surface area contributed by atoms with Gasteiger partial charge < -0.3 is 4.74 Å². The molecule has 0 aliphatic rings. The SMILES string of the molecule is C#Cc1cnn2c(-c3ccc(OCc4ccccc4)cc3)c(C)cnc12.CC.Cc1ccccc1. The normalized spacial score (nSPS) is 9.80. The first-order valence-electron chi connectivity index (χ1n) is 11.7. The highest BCUT2D eigenvalue weighted by molar-refractivity contribution is 5.69. The fourth-order valence-electron chi connectivity index (χ4n) is 3.45. The zero-order chi connectivity index (χ0) is 25.0. The molecule has 0 aliphatic carbocycles. The third-order valence-corrected chi connectivity index (χ3v) is 5.18. The van der Waals surface area contributed by atoms with Gasteiger partial charge in [-0.3, -0.25) is 0 Å². The van der Waals surface area contributed by atoms with Gasteiger partial charge in [0, 0.05) is 11.8 Å². The molecule has 0 aliphatic heterocycles. The molecule has 176 valence electrons. The lowest BCUT2D eigenvalue weighted by Gasteiger charge is -2.10. The summed E-state index contributed by atoms with van der Waals surface area (Å²) in [6.45, 7) is 8.64. The molecule has 0 unspecified atom stereocenters. The van der Waals surface area contributed by atoms with Crippen LogP contribution in [0.2, 0.25) is 0 Å². The van der Waals surface area contributed by atoms with E-state index in [0.29, 0.717) is 17.8 Å². The average Bonchev–Trinajstić information content (AvgIpc) is 3.33. The maximum absolute atomic E-state index is 5.86. The quantitative estimate of drug-likeness (QED) is 0.264. The Kier molecular flexibility index (Phi) is 9.22. The molecule has 0 amide bonds. The van der Waals surface area contributed by atoms with Crippen molar-refractivity contribution >= 4 is 5.65 Å². The molecule has 0 saturated carbocycles. The molecule has 0 fully saturated rings. The Morgan fingerprint density at radius 3 is 2.03 bits per heavy atom. The molecular weight excluding hydrogens is 430 g/mol. The number of benzene rings is 3.